The number of amides is 2. The van der Waals surface area contributed by atoms with Gasteiger partial charge in [0.25, 0.3) is 0 Å². The van der Waals surface area contributed by atoms with Crippen molar-refractivity contribution in [3.63, 3.8) is 0 Å². The molecule has 6 N–H and O–H groups in total. The van der Waals surface area contributed by atoms with E-state index < -0.39 is 12.1 Å². The zero-order valence-corrected chi connectivity index (χ0v) is 15.4. The van der Waals surface area contributed by atoms with Gasteiger partial charge >= 0.3 is 0 Å². The second-order valence-electron chi connectivity index (χ2n) is 6.77. The monoisotopic (exact) mass is 342 g/mol. The molecule has 7 nitrogen and oxygen atoms in total. The van der Waals surface area contributed by atoms with Crippen molar-refractivity contribution >= 4 is 17.6 Å². The van der Waals surface area contributed by atoms with Crippen molar-refractivity contribution < 1.29 is 14.4 Å². The highest BCUT2D eigenvalue weighted by Crippen LogP contribution is 2.10. The Bertz CT molecular complexity index is 413. The number of carbonyl (C=O) groups is 3. The Balaban J connectivity index is 4.88. The minimum atomic E-state index is -0.655. The first-order valence-corrected chi connectivity index (χ1v) is 8.74. The van der Waals surface area contributed by atoms with Crippen molar-refractivity contribution in [1.29, 1.82) is 0 Å². The van der Waals surface area contributed by atoms with Crippen molar-refractivity contribution in [3.05, 3.63) is 0 Å². The van der Waals surface area contributed by atoms with E-state index in [-0.39, 0.29) is 29.4 Å². The van der Waals surface area contributed by atoms with Crippen LogP contribution in [0.5, 0.6) is 0 Å². The molecule has 140 valence electrons. The number of rotatable bonds is 12. The molecule has 0 saturated heterocycles. The summed E-state index contributed by atoms with van der Waals surface area (Å²) in [6.07, 6.45) is 2.34. The lowest BCUT2D eigenvalue weighted by Gasteiger charge is -2.24. The van der Waals surface area contributed by atoms with Gasteiger partial charge in [0.1, 0.15) is 6.04 Å². The summed E-state index contributed by atoms with van der Waals surface area (Å²) in [6, 6.07) is -1.26. The third-order valence-corrected chi connectivity index (χ3v) is 3.89. The van der Waals surface area contributed by atoms with Gasteiger partial charge in [0, 0.05) is 5.92 Å². The number of Topliss-reactive ketones (excluding diaryl/α,β-unsaturated/α-hetero) is 1. The van der Waals surface area contributed by atoms with Crippen LogP contribution in [0.1, 0.15) is 53.4 Å². The van der Waals surface area contributed by atoms with E-state index >= 15 is 0 Å². The molecule has 0 heterocycles. The Hall–Kier alpha value is -1.47. The summed E-state index contributed by atoms with van der Waals surface area (Å²) < 4.78 is 0. The van der Waals surface area contributed by atoms with Crippen LogP contribution >= 0.6 is 0 Å². The Morgan fingerprint density at radius 2 is 1.46 bits per heavy atom. The molecule has 0 unspecified atom stereocenters. The highest BCUT2D eigenvalue weighted by Gasteiger charge is 2.26. The average molecular weight is 342 g/mol. The number of hydrogen-bond donors (Lipinski definition) is 4. The van der Waals surface area contributed by atoms with Crippen LogP contribution in [0.15, 0.2) is 0 Å². The van der Waals surface area contributed by atoms with E-state index in [4.69, 9.17) is 11.5 Å². The van der Waals surface area contributed by atoms with Gasteiger partial charge in [-0.1, -0.05) is 20.8 Å². The Labute approximate surface area is 145 Å². The van der Waals surface area contributed by atoms with Gasteiger partial charge in [-0.25, -0.2) is 0 Å². The zero-order valence-electron chi connectivity index (χ0n) is 15.4. The van der Waals surface area contributed by atoms with Gasteiger partial charge in [-0.3, -0.25) is 14.4 Å². The maximum absolute atomic E-state index is 12.5. The molecule has 0 bridgehead atoms. The van der Waals surface area contributed by atoms with Crippen LogP contribution in [0.4, 0.5) is 0 Å². The van der Waals surface area contributed by atoms with Crippen molar-refractivity contribution in [3.8, 4) is 0 Å². The lowest BCUT2D eigenvalue weighted by molar-refractivity contribution is -0.132. The molecule has 0 aromatic carbocycles. The van der Waals surface area contributed by atoms with Crippen LogP contribution in [0.2, 0.25) is 0 Å². The Morgan fingerprint density at radius 1 is 0.875 bits per heavy atom. The van der Waals surface area contributed by atoms with Crippen LogP contribution in [-0.4, -0.2) is 42.8 Å². The maximum Gasteiger partial charge on any atom is 0.243 e. The molecule has 3 atom stereocenters. The summed E-state index contributed by atoms with van der Waals surface area (Å²) >= 11 is 0. The van der Waals surface area contributed by atoms with E-state index in [2.05, 4.69) is 10.6 Å². The van der Waals surface area contributed by atoms with Crippen LogP contribution in [0, 0.1) is 11.8 Å². The predicted octanol–water partition coefficient (Wildman–Crippen LogP) is 0.315. The number of ketones is 1. The third-order valence-electron chi connectivity index (χ3n) is 3.89. The molecule has 0 aliphatic rings. The number of nitrogens with two attached hydrogens (primary N) is 2. The summed E-state index contributed by atoms with van der Waals surface area (Å²) in [5.41, 5.74) is 10.9. The van der Waals surface area contributed by atoms with Crippen molar-refractivity contribution in [2.24, 2.45) is 23.3 Å². The molecular weight excluding hydrogens is 308 g/mol. The highest BCUT2D eigenvalue weighted by molar-refractivity contribution is 5.92. The van der Waals surface area contributed by atoms with Crippen LogP contribution in [0.25, 0.3) is 0 Å². The fourth-order valence-electron chi connectivity index (χ4n) is 2.39. The second kappa shape index (κ2) is 12.0. The zero-order chi connectivity index (χ0) is 18.7. The van der Waals surface area contributed by atoms with Gasteiger partial charge in [0.05, 0.1) is 6.04 Å². The molecule has 24 heavy (non-hydrogen) atoms. The Kier molecular flexibility index (Phi) is 11.2. The van der Waals surface area contributed by atoms with E-state index in [0.717, 1.165) is 6.42 Å². The summed E-state index contributed by atoms with van der Waals surface area (Å²) in [4.78, 5) is 36.4. The number of nitrogens with one attached hydrogen (secondary N) is 2. The molecule has 0 aliphatic carbocycles. The van der Waals surface area contributed by atoms with Gasteiger partial charge < -0.3 is 22.1 Å². The van der Waals surface area contributed by atoms with E-state index in [1.165, 1.54) is 6.92 Å². The van der Waals surface area contributed by atoms with Crippen LogP contribution < -0.4 is 22.1 Å². The van der Waals surface area contributed by atoms with E-state index in [9.17, 15) is 14.4 Å². The topological polar surface area (TPSA) is 127 Å². The molecule has 0 aliphatic heterocycles. The quantitative estimate of drug-likeness (QED) is 0.406. The predicted molar refractivity (Wildman–Crippen MR) is 95.1 cm³/mol. The van der Waals surface area contributed by atoms with Crippen molar-refractivity contribution in [1.82, 2.24) is 10.6 Å². The molecule has 0 aromatic heterocycles. The first-order chi connectivity index (χ1) is 11.2. The normalized spacial score (nSPS) is 14.8. The molecule has 7 heteroatoms. The molecule has 2 amide bonds. The fraction of sp³-hybridized carbons (Fsp3) is 0.824. The van der Waals surface area contributed by atoms with Gasteiger partial charge in [0.2, 0.25) is 11.8 Å². The van der Waals surface area contributed by atoms with Gasteiger partial charge in [-0.2, -0.15) is 0 Å². The third kappa shape index (κ3) is 8.98. The smallest absolute Gasteiger partial charge is 0.243 e. The summed E-state index contributed by atoms with van der Waals surface area (Å²) in [5, 5.41) is 5.52. The van der Waals surface area contributed by atoms with Crippen LogP contribution in [-0.2, 0) is 14.4 Å². The maximum atomic E-state index is 12.5. The average Bonchev–Trinajstić information content (AvgIpc) is 2.50. The standard InChI is InChI=1S/C17H34N4O3/c1-11(2)10-15(21-16(23)12(3)6-5-8-18)17(24)20-14(7-9-19)13(4)22/h11-12,14-15H,5-10,18-19H2,1-4H3,(H,20,24)(H,21,23)/t12-,14-,15+/m0/s1. The van der Waals surface area contributed by atoms with Crippen molar-refractivity contribution in [2.75, 3.05) is 13.1 Å². The molecule has 0 rings (SSSR count). The minimum Gasteiger partial charge on any atom is -0.344 e. The Morgan fingerprint density at radius 3 is 1.92 bits per heavy atom. The van der Waals surface area contributed by atoms with E-state index in [1.807, 2.05) is 20.8 Å². The molecule has 0 saturated carbocycles. The summed E-state index contributed by atoms with van der Waals surface area (Å²) in [7, 11) is 0. The summed E-state index contributed by atoms with van der Waals surface area (Å²) in [6.45, 7) is 8.04. The summed E-state index contributed by atoms with van der Waals surface area (Å²) in [5.74, 6) is -0.617. The van der Waals surface area contributed by atoms with Gasteiger partial charge in [-0.05, 0) is 51.6 Å². The van der Waals surface area contributed by atoms with E-state index in [1.54, 1.807) is 0 Å². The van der Waals surface area contributed by atoms with Crippen LogP contribution in [0.3, 0.4) is 0 Å². The highest BCUT2D eigenvalue weighted by atomic mass is 16.2. The van der Waals surface area contributed by atoms with E-state index in [0.29, 0.717) is 32.4 Å². The minimum absolute atomic E-state index is 0.139. The van der Waals surface area contributed by atoms with Gasteiger partial charge in [0.15, 0.2) is 5.78 Å². The first kappa shape index (κ1) is 22.5. The van der Waals surface area contributed by atoms with Gasteiger partial charge in [-0.15, -0.1) is 0 Å². The molecule has 0 spiro atoms. The fourth-order valence-corrected chi connectivity index (χ4v) is 2.39. The molecule has 0 radical (unpaired) electrons. The second-order valence-corrected chi connectivity index (χ2v) is 6.77. The SMILES string of the molecule is CC(=O)[C@H](CCN)NC(=O)[C@@H](CC(C)C)NC(=O)[C@@H](C)CCCN. The molecular formula is C17H34N4O3. The van der Waals surface area contributed by atoms with Crippen molar-refractivity contribution in [2.45, 2.75) is 65.5 Å². The lowest BCUT2D eigenvalue weighted by Crippen LogP contribution is -2.52. The lowest BCUT2D eigenvalue weighted by atomic mass is 9.99. The molecule has 0 fully saturated rings. The first-order valence-electron chi connectivity index (χ1n) is 8.74. The number of carbonyl (C=O) groups excluding carboxylic acids is 3. The largest absolute Gasteiger partial charge is 0.344 e. The number of hydrogen-bond acceptors (Lipinski definition) is 5. The molecule has 0 aromatic rings.